The first-order valence-corrected chi connectivity index (χ1v) is 7.88. The number of benzene rings is 2. The summed E-state index contributed by atoms with van der Waals surface area (Å²) < 4.78 is 13.6. The second-order valence-electron chi connectivity index (χ2n) is 5.68. The van der Waals surface area contributed by atoms with Gasteiger partial charge in [0, 0.05) is 30.8 Å². The van der Waals surface area contributed by atoms with Crippen molar-refractivity contribution in [3.05, 3.63) is 47.8 Å². The molecule has 23 heavy (non-hydrogen) atoms. The van der Waals surface area contributed by atoms with Crippen molar-refractivity contribution in [3.63, 3.8) is 0 Å². The van der Waals surface area contributed by atoms with Gasteiger partial charge in [0.1, 0.15) is 19.0 Å². The Morgan fingerprint density at radius 3 is 2.48 bits per heavy atom. The number of fused-ring (bicyclic) bond motifs is 2. The van der Waals surface area contributed by atoms with Gasteiger partial charge in [0.25, 0.3) is 0 Å². The Morgan fingerprint density at radius 2 is 1.78 bits per heavy atom. The summed E-state index contributed by atoms with van der Waals surface area (Å²) in [5, 5.41) is 0. The minimum Gasteiger partial charge on any atom is -0.486 e. The minimum absolute atomic E-state index is 0.589. The predicted octanol–water partition coefficient (Wildman–Crippen LogP) is 3.00. The van der Waals surface area contributed by atoms with E-state index >= 15 is 0 Å². The van der Waals surface area contributed by atoms with Crippen LogP contribution < -0.4 is 15.2 Å². The van der Waals surface area contributed by atoms with Crippen molar-refractivity contribution in [2.75, 3.05) is 18.9 Å². The highest BCUT2D eigenvalue weighted by Crippen LogP contribution is 2.35. The Kier molecular flexibility index (Phi) is 3.33. The predicted molar refractivity (Wildman–Crippen MR) is 90.1 cm³/mol. The minimum atomic E-state index is 0.589. The van der Waals surface area contributed by atoms with Crippen LogP contribution in [0.25, 0.3) is 11.0 Å². The van der Waals surface area contributed by atoms with Crippen LogP contribution in [0.3, 0.4) is 0 Å². The van der Waals surface area contributed by atoms with Gasteiger partial charge in [-0.1, -0.05) is 12.1 Å². The monoisotopic (exact) mass is 309 g/mol. The van der Waals surface area contributed by atoms with Crippen molar-refractivity contribution in [3.8, 4) is 11.5 Å². The molecule has 1 aliphatic heterocycles. The summed E-state index contributed by atoms with van der Waals surface area (Å²) in [5.41, 5.74) is 9.76. The molecule has 0 unspecified atom stereocenters. The second kappa shape index (κ2) is 5.50. The summed E-state index contributed by atoms with van der Waals surface area (Å²) in [6.07, 6.45) is 0.773. The van der Waals surface area contributed by atoms with Crippen molar-refractivity contribution in [2.45, 2.75) is 19.9 Å². The number of nitrogen functional groups attached to an aromatic ring is 1. The van der Waals surface area contributed by atoms with Crippen molar-refractivity contribution in [2.24, 2.45) is 0 Å². The molecule has 0 atom stereocenters. The van der Waals surface area contributed by atoms with Crippen molar-refractivity contribution < 1.29 is 9.47 Å². The molecular weight excluding hydrogens is 290 g/mol. The molecule has 1 aliphatic rings. The van der Waals surface area contributed by atoms with E-state index in [0.717, 1.165) is 47.0 Å². The lowest BCUT2D eigenvalue weighted by atomic mass is 10.1. The number of anilines is 1. The smallest absolute Gasteiger partial charge is 0.163 e. The molecule has 0 fully saturated rings. The van der Waals surface area contributed by atoms with Crippen molar-refractivity contribution in [1.29, 1.82) is 0 Å². The molecule has 5 heteroatoms. The number of aryl methyl sites for hydroxylation is 1. The van der Waals surface area contributed by atoms with Crippen LogP contribution in [0.1, 0.15) is 18.3 Å². The van der Waals surface area contributed by atoms with Gasteiger partial charge >= 0.3 is 0 Å². The lowest BCUT2D eigenvalue weighted by Crippen LogP contribution is -2.15. The molecule has 1 aromatic heterocycles. The van der Waals surface area contributed by atoms with Crippen LogP contribution in [-0.2, 0) is 13.0 Å². The summed E-state index contributed by atoms with van der Waals surface area (Å²) in [6.45, 7) is 4.17. The molecule has 0 amide bonds. The first-order chi connectivity index (χ1) is 11.2. The van der Waals surface area contributed by atoms with Gasteiger partial charge in [-0.2, -0.15) is 0 Å². The molecule has 0 aliphatic carbocycles. The topological polar surface area (TPSA) is 62.3 Å². The molecule has 0 radical (unpaired) electrons. The number of ether oxygens (including phenoxy) is 2. The Morgan fingerprint density at radius 1 is 1.09 bits per heavy atom. The van der Waals surface area contributed by atoms with Gasteiger partial charge in [0.15, 0.2) is 11.5 Å². The molecule has 2 aromatic carbocycles. The highest BCUT2D eigenvalue weighted by atomic mass is 16.6. The third-order valence-electron chi connectivity index (χ3n) is 4.15. The molecule has 2 heterocycles. The molecule has 0 saturated carbocycles. The highest BCUT2D eigenvalue weighted by Gasteiger charge is 2.17. The summed E-state index contributed by atoms with van der Waals surface area (Å²) in [5.74, 6) is 2.62. The number of rotatable bonds is 3. The van der Waals surface area contributed by atoms with E-state index in [-0.39, 0.29) is 0 Å². The fraction of sp³-hybridized carbons (Fsp3) is 0.278. The van der Waals surface area contributed by atoms with Gasteiger partial charge in [-0.05, 0) is 24.6 Å². The van der Waals surface area contributed by atoms with E-state index in [1.54, 1.807) is 0 Å². The van der Waals surface area contributed by atoms with Crippen LogP contribution in [0, 0.1) is 0 Å². The Balaban J connectivity index is 1.78. The molecule has 3 aromatic rings. The molecule has 5 nitrogen and oxygen atoms in total. The van der Waals surface area contributed by atoms with E-state index in [2.05, 4.69) is 11.5 Å². The Labute approximate surface area is 134 Å². The van der Waals surface area contributed by atoms with Gasteiger partial charge < -0.3 is 19.8 Å². The number of aromatic nitrogens is 2. The van der Waals surface area contributed by atoms with Crippen LogP contribution in [-0.4, -0.2) is 22.8 Å². The zero-order valence-corrected chi connectivity index (χ0v) is 13.1. The number of nitrogens with two attached hydrogens (primary N) is 1. The number of imidazole rings is 1. The SMILES string of the molecule is CCn1c(Cc2ccc(N)cc2)nc2cc3c(cc21)OCCO3. The second-order valence-corrected chi connectivity index (χ2v) is 5.68. The van der Waals surface area contributed by atoms with Crippen molar-refractivity contribution in [1.82, 2.24) is 9.55 Å². The maximum Gasteiger partial charge on any atom is 0.163 e. The zero-order chi connectivity index (χ0) is 15.8. The van der Waals surface area contributed by atoms with Crippen LogP contribution in [0.2, 0.25) is 0 Å². The highest BCUT2D eigenvalue weighted by molar-refractivity contribution is 5.81. The third kappa shape index (κ3) is 2.48. The summed E-state index contributed by atoms with van der Waals surface area (Å²) in [7, 11) is 0. The van der Waals surface area contributed by atoms with Crippen LogP contribution >= 0.6 is 0 Å². The molecule has 118 valence electrons. The summed E-state index contributed by atoms with van der Waals surface area (Å²) in [6, 6.07) is 12.0. The average molecular weight is 309 g/mol. The standard InChI is InChI=1S/C18H19N3O2/c1-2-21-15-11-17-16(22-7-8-23-17)10-14(15)20-18(21)9-12-3-5-13(19)6-4-12/h3-6,10-11H,2,7-9,19H2,1H3. The molecule has 0 saturated heterocycles. The fourth-order valence-electron chi connectivity index (χ4n) is 3.02. The van der Waals surface area contributed by atoms with Gasteiger partial charge in [0.2, 0.25) is 0 Å². The first kappa shape index (κ1) is 13.9. The van der Waals surface area contributed by atoms with E-state index in [1.807, 2.05) is 36.4 Å². The molecule has 0 spiro atoms. The van der Waals surface area contributed by atoms with Crippen LogP contribution in [0.15, 0.2) is 36.4 Å². The Hall–Kier alpha value is -2.69. The van der Waals surface area contributed by atoms with Crippen molar-refractivity contribution >= 4 is 16.7 Å². The number of hydrogen-bond donors (Lipinski definition) is 1. The summed E-state index contributed by atoms with van der Waals surface area (Å²) in [4.78, 5) is 4.81. The largest absolute Gasteiger partial charge is 0.486 e. The lowest BCUT2D eigenvalue weighted by Gasteiger charge is -2.18. The number of nitrogens with zero attached hydrogens (tertiary/aromatic N) is 2. The normalized spacial score (nSPS) is 13.4. The summed E-state index contributed by atoms with van der Waals surface area (Å²) >= 11 is 0. The van der Waals surface area contributed by atoms with E-state index in [1.165, 1.54) is 5.56 Å². The first-order valence-electron chi connectivity index (χ1n) is 7.88. The fourth-order valence-corrected chi connectivity index (χ4v) is 3.02. The quantitative estimate of drug-likeness (QED) is 0.756. The van der Waals surface area contributed by atoms with E-state index in [9.17, 15) is 0 Å². The van der Waals surface area contributed by atoms with E-state index in [4.69, 9.17) is 20.2 Å². The van der Waals surface area contributed by atoms with Crippen LogP contribution in [0.5, 0.6) is 11.5 Å². The van der Waals surface area contributed by atoms with Gasteiger partial charge in [-0.25, -0.2) is 4.98 Å². The third-order valence-corrected chi connectivity index (χ3v) is 4.15. The van der Waals surface area contributed by atoms with E-state index < -0.39 is 0 Å². The van der Waals surface area contributed by atoms with E-state index in [0.29, 0.717) is 13.2 Å². The average Bonchev–Trinajstić information content (AvgIpc) is 2.90. The van der Waals surface area contributed by atoms with Crippen LogP contribution in [0.4, 0.5) is 5.69 Å². The number of hydrogen-bond acceptors (Lipinski definition) is 4. The molecular formula is C18H19N3O2. The maximum atomic E-state index is 5.76. The molecule has 4 rings (SSSR count). The van der Waals surface area contributed by atoms with Gasteiger partial charge in [-0.3, -0.25) is 0 Å². The lowest BCUT2D eigenvalue weighted by molar-refractivity contribution is 0.172. The zero-order valence-electron chi connectivity index (χ0n) is 13.1. The maximum absolute atomic E-state index is 5.76. The molecule has 2 N–H and O–H groups in total. The Bertz CT molecular complexity index is 853. The van der Waals surface area contributed by atoms with Gasteiger partial charge in [0.05, 0.1) is 11.0 Å². The van der Waals surface area contributed by atoms with Gasteiger partial charge in [-0.15, -0.1) is 0 Å². The molecule has 0 bridgehead atoms.